The van der Waals surface area contributed by atoms with Gasteiger partial charge in [0.1, 0.15) is 5.70 Å². The topological polar surface area (TPSA) is 87.3 Å². The molecule has 6 nitrogen and oxygen atoms in total. The van der Waals surface area contributed by atoms with Crippen molar-refractivity contribution in [3.8, 4) is 0 Å². The molecule has 0 aliphatic heterocycles. The standard InChI is InChI=1S/C30H23Br2N3O3S/c31-22-11-9-20(10-12-22)17-27(35-29(37)21-5-2-1-3-6-21)30(38)34-25-7-4-8-26(18-25)39-19-28(36)33-24-15-13-23(32)14-16-24/h1-18H,19H2,(H,33,36)(H,34,38)(H,35,37)/b27-17-. The van der Waals surface area contributed by atoms with Crippen molar-refractivity contribution >= 4 is 78.8 Å². The fourth-order valence-electron chi connectivity index (χ4n) is 3.41. The summed E-state index contributed by atoms with van der Waals surface area (Å²) < 4.78 is 1.84. The predicted molar refractivity (Wildman–Crippen MR) is 165 cm³/mol. The number of anilines is 2. The maximum Gasteiger partial charge on any atom is 0.272 e. The summed E-state index contributed by atoms with van der Waals surface area (Å²) in [5.74, 6) is -0.803. The molecule has 4 aromatic rings. The third-order valence-electron chi connectivity index (χ3n) is 5.30. The minimum absolute atomic E-state index is 0.0955. The lowest BCUT2D eigenvalue weighted by atomic mass is 10.1. The van der Waals surface area contributed by atoms with Crippen LogP contribution in [0, 0.1) is 0 Å². The molecule has 0 heterocycles. The number of carbonyl (C=O) groups is 3. The molecule has 196 valence electrons. The van der Waals surface area contributed by atoms with Crippen LogP contribution in [-0.4, -0.2) is 23.5 Å². The van der Waals surface area contributed by atoms with Crippen molar-refractivity contribution in [2.45, 2.75) is 4.90 Å². The molecule has 0 saturated heterocycles. The minimum Gasteiger partial charge on any atom is -0.325 e. The minimum atomic E-state index is -0.475. The molecule has 4 aromatic carbocycles. The molecule has 3 N–H and O–H groups in total. The van der Waals surface area contributed by atoms with Gasteiger partial charge in [0.25, 0.3) is 11.8 Å². The second kappa shape index (κ2) is 13.9. The van der Waals surface area contributed by atoms with Crippen LogP contribution in [0.5, 0.6) is 0 Å². The molecule has 0 radical (unpaired) electrons. The highest BCUT2D eigenvalue weighted by Gasteiger charge is 2.15. The smallest absolute Gasteiger partial charge is 0.272 e. The van der Waals surface area contributed by atoms with Gasteiger partial charge in [0.2, 0.25) is 5.91 Å². The maximum absolute atomic E-state index is 13.3. The summed E-state index contributed by atoms with van der Waals surface area (Å²) in [5, 5.41) is 8.45. The second-order valence-electron chi connectivity index (χ2n) is 8.26. The highest BCUT2D eigenvalue weighted by Crippen LogP contribution is 2.23. The van der Waals surface area contributed by atoms with E-state index in [0.717, 1.165) is 19.4 Å². The molecule has 0 aromatic heterocycles. The van der Waals surface area contributed by atoms with Crippen molar-refractivity contribution in [3.63, 3.8) is 0 Å². The van der Waals surface area contributed by atoms with E-state index in [2.05, 4.69) is 47.8 Å². The molecule has 0 bridgehead atoms. The Morgan fingerprint density at radius 1 is 0.718 bits per heavy atom. The van der Waals surface area contributed by atoms with Crippen molar-refractivity contribution in [1.29, 1.82) is 0 Å². The third kappa shape index (κ3) is 8.95. The van der Waals surface area contributed by atoms with Crippen LogP contribution in [0.3, 0.4) is 0 Å². The normalized spacial score (nSPS) is 11.0. The van der Waals surface area contributed by atoms with Gasteiger partial charge in [-0.2, -0.15) is 0 Å². The summed E-state index contributed by atoms with van der Waals surface area (Å²) in [6.07, 6.45) is 1.62. The molecular weight excluding hydrogens is 642 g/mol. The van der Waals surface area contributed by atoms with E-state index in [1.54, 1.807) is 48.5 Å². The molecule has 0 aliphatic rings. The van der Waals surface area contributed by atoms with Gasteiger partial charge in [-0.1, -0.05) is 68.3 Å². The Balaban J connectivity index is 1.44. The first-order valence-electron chi connectivity index (χ1n) is 11.8. The number of benzene rings is 4. The molecule has 0 unspecified atom stereocenters. The molecule has 9 heteroatoms. The Hall–Kier alpha value is -3.66. The number of halogens is 2. The van der Waals surface area contributed by atoms with E-state index in [0.29, 0.717) is 16.9 Å². The highest BCUT2D eigenvalue weighted by atomic mass is 79.9. The molecule has 0 fully saturated rings. The maximum atomic E-state index is 13.3. The monoisotopic (exact) mass is 663 g/mol. The number of hydrogen-bond donors (Lipinski definition) is 3. The summed E-state index contributed by atoms with van der Waals surface area (Å²) in [6, 6.07) is 30.6. The fraction of sp³-hybridized carbons (Fsp3) is 0.0333. The summed E-state index contributed by atoms with van der Waals surface area (Å²) in [6.45, 7) is 0. The zero-order valence-corrected chi connectivity index (χ0v) is 24.5. The Kier molecular flexibility index (Phi) is 10.1. The predicted octanol–water partition coefficient (Wildman–Crippen LogP) is 7.35. The number of thioether (sulfide) groups is 1. The number of rotatable bonds is 9. The van der Waals surface area contributed by atoms with Gasteiger partial charge < -0.3 is 16.0 Å². The zero-order chi connectivity index (χ0) is 27.6. The molecule has 0 aliphatic carbocycles. The molecule has 0 saturated carbocycles. The quantitative estimate of drug-likeness (QED) is 0.129. The molecule has 0 atom stereocenters. The van der Waals surface area contributed by atoms with Gasteiger partial charge in [0, 0.05) is 30.8 Å². The van der Waals surface area contributed by atoms with Gasteiger partial charge in [-0.05, 0) is 78.4 Å². The lowest BCUT2D eigenvalue weighted by molar-refractivity contribution is -0.114. The lowest BCUT2D eigenvalue weighted by Gasteiger charge is -2.12. The van der Waals surface area contributed by atoms with Crippen molar-refractivity contribution in [1.82, 2.24) is 5.32 Å². The van der Waals surface area contributed by atoms with Crippen molar-refractivity contribution < 1.29 is 14.4 Å². The first-order valence-corrected chi connectivity index (χ1v) is 14.4. The Bertz CT molecular complexity index is 1490. The number of nitrogens with one attached hydrogen (secondary N) is 3. The van der Waals surface area contributed by atoms with Crippen molar-refractivity contribution in [2.75, 3.05) is 16.4 Å². The van der Waals surface area contributed by atoms with Gasteiger partial charge in [-0.15, -0.1) is 11.8 Å². The van der Waals surface area contributed by atoms with E-state index in [9.17, 15) is 14.4 Å². The first kappa shape index (κ1) is 28.4. The van der Waals surface area contributed by atoms with E-state index in [1.807, 2.05) is 60.7 Å². The van der Waals surface area contributed by atoms with Gasteiger partial charge >= 0.3 is 0 Å². The first-order chi connectivity index (χ1) is 18.9. The molecule has 4 rings (SSSR count). The van der Waals surface area contributed by atoms with E-state index in [-0.39, 0.29) is 17.4 Å². The lowest BCUT2D eigenvalue weighted by Crippen LogP contribution is -2.30. The Labute approximate surface area is 247 Å². The van der Waals surface area contributed by atoms with Gasteiger partial charge in [-0.25, -0.2) is 0 Å². The Morgan fingerprint density at radius 2 is 1.38 bits per heavy atom. The zero-order valence-electron chi connectivity index (χ0n) is 20.5. The van der Waals surface area contributed by atoms with Gasteiger partial charge in [0.15, 0.2) is 0 Å². The van der Waals surface area contributed by atoms with E-state index < -0.39 is 11.8 Å². The van der Waals surface area contributed by atoms with E-state index >= 15 is 0 Å². The van der Waals surface area contributed by atoms with Gasteiger partial charge in [0.05, 0.1) is 5.75 Å². The highest BCUT2D eigenvalue weighted by molar-refractivity contribution is 9.10. The van der Waals surface area contributed by atoms with Crippen LogP contribution in [0.2, 0.25) is 0 Å². The number of carbonyl (C=O) groups excluding carboxylic acids is 3. The van der Waals surface area contributed by atoms with Crippen LogP contribution >= 0.6 is 43.6 Å². The van der Waals surface area contributed by atoms with Crippen molar-refractivity contribution in [2.24, 2.45) is 0 Å². The summed E-state index contributed by atoms with van der Waals surface area (Å²) in [4.78, 5) is 39.3. The van der Waals surface area contributed by atoms with Gasteiger partial charge in [-0.3, -0.25) is 14.4 Å². The molecule has 0 spiro atoms. The Morgan fingerprint density at radius 3 is 2.08 bits per heavy atom. The van der Waals surface area contributed by atoms with Crippen LogP contribution in [0.1, 0.15) is 15.9 Å². The fourth-order valence-corrected chi connectivity index (χ4v) is 4.69. The molecule has 39 heavy (non-hydrogen) atoms. The number of amides is 3. The summed E-state index contributed by atoms with van der Waals surface area (Å²) >= 11 is 8.13. The average molecular weight is 665 g/mol. The number of hydrogen-bond acceptors (Lipinski definition) is 4. The second-order valence-corrected chi connectivity index (χ2v) is 11.1. The average Bonchev–Trinajstić information content (AvgIpc) is 2.94. The molecular formula is C30H23Br2N3O3S. The van der Waals surface area contributed by atoms with Crippen molar-refractivity contribution in [3.05, 3.63) is 129 Å². The van der Waals surface area contributed by atoms with E-state index in [4.69, 9.17) is 0 Å². The van der Waals surface area contributed by atoms with Crippen LogP contribution in [0.25, 0.3) is 6.08 Å². The van der Waals surface area contributed by atoms with Crippen LogP contribution in [0.4, 0.5) is 11.4 Å². The van der Waals surface area contributed by atoms with Crippen LogP contribution < -0.4 is 16.0 Å². The summed E-state index contributed by atoms with van der Waals surface area (Å²) in [7, 11) is 0. The largest absolute Gasteiger partial charge is 0.325 e. The molecule has 3 amide bonds. The van der Waals surface area contributed by atoms with Crippen LogP contribution in [0.15, 0.2) is 123 Å². The third-order valence-corrected chi connectivity index (χ3v) is 7.35. The van der Waals surface area contributed by atoms with Crippen LogP contribution in [-0.2, 0) is 9.59 Å². The summed E-state index contributed by atoms with van der Waals surface area (Å²) in [5.41, 5.74) is 2.53. The SMILES string of the molecule is O=C(CSc1cccc(NC(=O)/C(=C/c2ccc(Br)cc2)NC(=O)c2ccccc2)c1)Nc1ccc(Br)cc1. The van der Waals surface area contributed by atoms with E-state index in [1.165, 1.54) is 11.8 Å².